The molecule has 0 unspecified atom stereocenters. The summed E-state index contributed by atoms with van der Waals surface area (Å²) in [6, 6.07) is 4.72. The van der Waals surface area contributed by atoms with Gasteiger partial charge in [-0.05, 0) is 38.1 Å². The molecule has 0 spiro atoms. The van der Waals surface area contributed by atoms with Crippen LogP contribution in [0.2, 0.25) is 0 Å². The van der Waals surface area contributed by atoms with E-state index in [9.17, 15) is 23.2 Å². The number of rotatable bonds is 6. The van der Waals surface area contributed by atoms with Crippen LogP contribution < -0.4 is 10.1 Å². The van der Waals surface area contributed by atoms with Gasteiger partial charge in [0.05, 0.1) is 5.69 Å². The lowest BCUT2D eigenvalue weighted by atomic mass is 10.2. The van der Waals surface area contributed by atoms with Gasteiger partial charge in [-0.1, -0.05) is 5.16 Å². The molecule has 0 bridgehead atoms. The average Bonchev–Trinajstić information content (AvgIpc) is 2.91. The number of imide groups is 1. The monoisotopic (exact) mass is 368 g/mol. The maximum Gasteiger partial charge on any atom is 0.387 e. The number of esters is 1. The van der Waals surface area contributed by atoms with E-state index in [1.165, 1.54) is 26.0 Å². The van der Waals surface area contributed by atoms with Crippen LogP contribution in [-0.4, -0.2) is 36.2 Å². The highest BCUT2D eigenvalue weighted by Crippen LogP contribution is 2.15. The molecule has 1 heterocycles. The second kappa shape index (κ2) is 8.19. The van der Waals surface area contributed by atoms with E-state index in [0.29, 0.717) is 5.69 Å². The number of carbonyl (C=O) groups excluding carboxylic acids is 3. The van der Waals surface area contributed by atoms with Crippen LogP contribution in [0.25, 0.3) is 0 Å². The van der Waals surface area contributed by atoms with Crippen LogP contribution in [0, 0.1) is 13.8 Å². The number of aryl methyl sites for hydroxylation is 2. The largest absolute Gasteiger partial charge is 0.452 e. The third-order valence-electron chi connectivity index (χ3n) is 3.17. The summed E-state index contributed by atoms with van der Waals surface area (Å²) in [4.78, 5) is 35.5. The highest BCUT2D eigenvalue weighted by Gasteiger charge is 2.20. The lowest BCUT2D eigenvalue weighted by Gasteiger charge is -2.07. The molecule has 0 aliphatic heterocycles. The van der Waals surface area contributed by atoms with E-state index < -0.39 is 31.0 Å². The standard InChI is InChI=1S/C16H14F2N2O6/c1-8-13(9(2)26-20-8)15(23)24-7-12(21)19-14(22)10-3-5-11(6-4-10)25-16(17)18/h3-6,16H,7H2,1-2H3,(H,19,21,22). The van der Waals surface area contributed by atoms with Crippen molar-refractivity contribution >= 4 is 17.8 Å². The molecule has 1 aromatic carbocycles. The highest BCUT2D eigenvalue weighted by molar-refractivity contribution is 6.05. The van der Waals surface area contributed by atoms with E-state index in [2.05, 4.69) is 9.89 Å². The smallest absolute Gasteiger partial charge is 0.387 e. The zero-order valence-electron chi connectivity index (χ0n) is 13.7. The minimum atomic E-state index is -2.98. The molecule has 8 nitrogen and oxygen atoms in total. The fraction of sp³-hybridized carbons (Fsp3) is 0.250. The molecule has 0 aliphatic carbocycles. The average molecular weight is 368 g/mol. The number of benzene rings is 1. The van der Waals surface area contributed by atoms with Gasteiger partial charge in [0.25, 0.3) is 11.8 Å². The third-order valence-corrected chi connectivity index (χ3v) is 3.17. The second-order valence-corrected chi connectivity index (χ2v) is 5.06. The van der Waals surface area contributed by atoms with E-state index in [1.54, 1.807) is 0 Å². The Balaban J connectivity index is 1.87. The molecule has 138 valence electrons. The quantitative estimate of drug-likeness (QED) is 0.777. The van der Waals surface area contributed by atoms with Gasteiger partial charge in [-0.3, -0.25) is 14.9 Å². The van der Waals surface area contributed by atoms with Gasteiger partial charge < -0.3 is 14.0 Å². The Hall–Kier alpha value is -3.30. The van der Waals surface area contributed by atoms with Crippen molar-refractivity contribution in [2.75, 3.05) is 6.61 Å². The van der Waals surface area contributed by atoms with Crippen LogP contribution in [0.5, 0.6) is 5.75 Å². The summed E-state index contributed by atoms with van der Waals surface area (Å²) in [6.45, 7) is -0.621. The summed E-state index contributed by atoms with van der Waals surface area (Å²) in [6.07, 6.45) is 0. The minimum Gasteiger partial charge on any atom is -0.452 e. The fourth-order valence-corrected chi connectivity index (χ4v) is 2.00. The van der Waals surface area contributed by atoms with Crippen LogP contribution in [0.15, 0.2) is 28.8 Å². The number of halogens is 2. The maximum atomic E-state index is 12.1. The van der Waals surface area contributed by atoms with Gasteiger partial charge in [-0.2, -0.15) is 8.78 Å². The number of aromatic nitrogens is 1. The maximum absolute atomic E-state index is 12.1. The molecule has 0 radical (unpaired) electrons. The highest BCUT2D eigenvalue weighted by atomic mass is 19.3. The summed E-state index contributed by atoms with van der Waals surface area (Å²) in [5.74, 6) is -2.33. The van der Waals surface area contributed by atoms with Crippen LogP contribution in [0.1, 0.15) is 32.2 Å². The molecule has 26 heavy (non-hydrogen) atoms. The number of carbonyl (C=O) groups is 3. The molecular formula is C16H14F2N2O6. The predicted molar refractivity (Wildman–Crippen MR) is 81.8 cm³/mol. The number of amides is 2. The first kappa shape index (κ1) is 19.0. The number of hydrogen-bond donors (Lipinski definition) is 1. The van der Waals surface area contributed by atoms with E-state index in [0.717, 1.165) is 12.1 Å². The van der Waals surface area contributed by atoms with Crippen molar-refractivity contribution in [3.63, 3.8) is 0 Å². The molecule has 2 rings (SSSR count). The van der Waals surface area contributed by atoms with Gasteiger partial charge in [-0.25, -0.2) is 4.79 Å². The van der Waals surface area contributed by atoms with Crippen LogP contribution in [-0.2, 0) is 9.53 Å². The Labute approximate surface area is 146 Å². The lowest BCUT2D eigenvalue weighted by molar-refractivity contribution is -0.123. The first-order valence-corrected chi connectivity index (χ1v) is 7.27. The predicted octanol–water partition coefficient (Wildman–Crippen LogP) is 2.01. The van der Waals surface area contributed by atoms with Crippen LogP contribution in [0.4, 0.5) is 8.78 Å². The summed E-state index contributed by atoms with van der Waals surface area (Å²) in [5, 5.41) is 5.59. The van der Waals surface area contributed by atoms with Gasteiger partial charge >= 0.3 is 12.6 Å². The minimum absolute atomic E-state index is 0.0389. The van der Waals surface area contributed by atoms with Crippen molar-refractivity contribution in [1.29, 1.82) is 0 Å². The van der Waals surface area contributed by atoms with Crippen molar-refractivity contribution in [1.82, 2.24) is 10.5 Å². The molecule has 2 amide bonds. The van der Waals surface area contributed by atoms with Crippen molar-refractivity contribution in [2.45, 2.75) is 20.5 Å². The number of alkyl halides is 2. The Morgan fingerprint density at radius 2 is 1.85 bits per heavy atom. The molecule has 10 heteroatoms. The van der Waals surface area contributed by atoms with Crippen LogP contribution >= 0.6 is 0 Å². The van der Waals surface area contributed by atoms with Crippen molar-refractivity contribution in [2.24, 2.45) is 0 Å². The Morgan fingerprint density at radius 3 is 2.38 bits per heavy atom. The normalized spacial score (nSPS) is 10.5. The van der Waals surface area contributed by atoms with E-state index in [-0.39, 0.29) is 22.6 Å². The molecule has 1 aromatic heterocycles. The van der Waals surface area contributed by atoms with Gasteiger partial charge in [0.1, 0.15) is 17.1 Å². The third kappa shape index (κ3) is 4.85. The van der Waals surface area contributed by atoms with Gasteiger partial charge in [0.2, 0.25) is 0 Å². The van der Waals surface area contributed by atoms with Crippen molar-refractivity contribution in [3.8, 4) is 5.75 Å². The fourth-order valence-electron chi connectivity index (χ4n) is 2.00. The zero-order valence-corrected chi connectivity index (χ0v) is 13.7. The molecule has 1 N–H and O–H groups in total. The van der Waals surface area contributed by atoms with Gasteiger partial charge in [-0.15, -0.1) is 0 Å². The van der Waals surface area contributed by atoms with E-state index >= 15 is 0 Å². The van der Waals surface area contributed by atoms with Crippen molar-refractivity contribution < 1.29 is 37.2 Å². The molecule has 0 fully saturated rings. The summed E-state index contributed by atoms with van der Waals surface area (Å²) in [7, 11) is 0. The lowest BCUT2D eigenvalue weighted by Crippen LogP contribution is -2.34. The Kier molecular flexibility index (Phi) is 5.99. The Morgan fingerprint density at radius 1 is 1.19 bits per heavy atom. The summed E-state index contributed by atoms with van der Waals surface area (Å²) in [5.41, 5.74) is 0.464. The first-order chi connectivity index (χ1) is 12.3. The topological polar surface area (TPSA) is 108 Å². The number of nitrogens with one attached hydrogen (secondary N) is 1. The van der Waals surface area contributed by atoms with Crippen molar-refractivity contribution in [3.05, 3.63) is 46.8 Å². The Bertz CT molecular complexity index is 797. The molecule has 0 saturated carbocycles. The zero-order chi connectivity index (χ0) is 19.3. The van der Waals surface area contributed by atoms with E-state index in [1.807, 2.05) is 5.32 Å². The molecule has 0 aliphatic rings. The second-order valence-electron chi connectivity index (χ2n) is 5.06. The van der Waals surface area contributed by atoms with Gasteiger partial charge in [0, 0.05) is 5.56 Å². The van der Waals surface area contributed by atoms with E-state index in [4.69, 9.17) is 9.26 Å². The van der Waals surface area contributed by atoms with Gasteiger partial charge in [0.15, 0.2) is 6.61 Å². The SMILES string of the molecule is Cc1noc(C)c1C(=O)OCC(=O)NC(=O)c1ccc(OC(F)F)cc1. The summed E-state index contributed by atoms with van der Waals surface area (Å²) < 4.78 is 37.9. The summed E-state index contributed by atoms with van der Waals surface area (Å²) >= 11 is 0. The number of ether oxygens (including phenoxy) is 2. The molecular weight excluding hydrogens is 354 g/mol. The number of hydrogen-bond acceptors (Lipinski definition) is 7. The number of nitrogens with zero attached hydrogens (tertiary/aromatic N) is 1. The van der Waals surface area contributed by atoms with Crippen LogP contribution in [0.3, 0.4) is 0 Å². The molecule has 2 aromatic rings. The molecule has 0 atom stereocenters. The molecule has 0 saturated heterocycles. The first-order valence-electron chi connectivity index (χ1n) is 7.27.